The lowest BCUT2D eigenvalue weighted by Crippen LogP contribution is -2.17. The van der Waals surface area contributed by atoms with Crippen molar-refractivity contribution in [3.8, 4) is 0 Å². The zero-order valence-corrected chi connectivity index (χ0v) is 11.0. The number of carbonyl (C=O) groups excluding carboxylic acids is 1. The fourth-order valence-corrected chi connectivity index (χ4v) is 1.68. The largest absolute Gasteiger partial charge is 0.389 e. The molecule has 1 aromatic heterocycles. The monoisotopic (exact) mass is 291 g/mol. The third-order valence-corrected chi connectivity index (χ3v) is 2.77. The van der Waals surface area contributed by atoms with E-state index in [0.29, 0.717) is 5.56 Å². The highest BCUT2D eigenvalue weighted by molar-refractivity contribution is 7.80. The molecular weight excluding hydrogens is 281 g/mol. The molecule has 20 heavy (non-hydrogen) atoms. The summed E-state index contributed by atoms with van der Waals surface area (Å²) in [6.45, 7) is 0. The second-order valence-corrected chi connectivity index (χ2v) is 4.39. The number of nitrogens with two attached hydrogens (primary N) is 1. The third-order valence-electron chi connectivity index (χ3n) is 2.54. The van der Waals surface area contributed by atoms with Crippen molar-refractivity contribution in [2.24, 2.45) is 5.73 Å². The summed E-state index contributed by atoms with van der Waals surface area (Å²) in [7, 11) is 0. The Bertz CT molecular complexity index is 742. The summed E-state index contributed by atoms with van der Waals surface area (Å²) >= 11 is 4.73. The van der Waals surface area contributed by atoms with Crippen LogP contribution in [0.1, 0.15) is 15.9 Å². The van der Waals surface area contributed by atoms with Crippen molar-refractivity contribution in [3.63, 3.8) is 0 Å². The van der Waals surface area contributed by atoms with Crippen LogP contribution in [-0.2, 0) is 0 Å². The SMILES string of the molecule is NC(=S)c1ccc(NC(=O)c2cc[nH]c(=O)c2)c(F)c1. The molecule has 0 atom stereocenters. The molecule has 0 unspecified atom stereocenters. The quantitative estimate of drug-likeness (QED) is 0.746. The Kier molecular flexibility index (Phi) is 3.90. The molecule has 0 spiro atoms. The van der Waals surface area contributed by atoms with Crippen molar-refractivity contribution in [2.75, 3.05) is 5.32 Å². The van der Waals surface area contributed by atoms with Gasteiger partial charge in [0.1, 0.15) is 10.8 Å². The van der Waals surface area contributed by atoms with Gasteiger partial charge in [-0.05, 0) is 24.3 Å². The minimum atomic E-state index is -0.659. The van der Waals surface area contributed by atoms with Gasteiger partial charge in [0.25, 0.3) is 5.91 Å². The number of rotatable bonds is 3. The normalized spacial score (nSPS) is 10.1. The van der Waals surface area contributed by atoms with Gasteiger partial charge in [0, 0.05) is 23.4 Å². The highest BCUT2D eigenvalue weighted by Crippen LogP contribution is 2.16. The van der Waals surface area contributed by atoms with Crippen molar-refractivity contribution in [1.29, 1.82) is 0 Å². The number of pyridine rings is 1. The van der Waals surface area contributed by atoms with Gasteiger partial charge in [-0.3, -0.25) is 9.59 Å². The number of aromatic nitrogens is 1. The van der Waals surface area contributed by atoms with Crippen molar-refractivity contribution in [1.82, 2.24) is 4.98 Å². The summed E-state index contributed by atoms with van der Waals surface area (Å²) in [5.74, 6) is -1.24. The van der Waals surface area contributed by atoms with E-state index in [0.717, 1.165) is 12.1 Å². The zero-order chi connectivity index (χ0) is 14.7. The van der Waals surface area contributed by atoms with Gasteiger partial charge in [0.05, 0.1) is 5.69 Å². The van der Waals surface area contributed by atoms with Crippen LogP contribution in [0.15, 0.2) is 41.3 Å². The number of aromatic amines is 1. The highest BCUT2D eigenvalue weighted by Gasteiger charge is 2.10. The summed E-state index contributed by atoms with van der Waals surface area (Å²) in [6, 6.07) is 6.53. The van der Waals surface area contributed by atoms with Crippen LogP contribution in [-0.4, -0.2) is 15.9 Å². The molecule has 0 fully saturated rings. The first-order valence-electron chi connectivity index (χ1n) is 5.57. The lowest BCUT2D eigenvalue weighted by atomic mass is 10.2. The summed E-state index contributed by atoms with van der Waals surface area (Å²) in [4.78, 5) is 25.4. The molecule has 7 heteroatoms. The van der Waals surface area contributed by atoms with Crippen LogP contribution in [0, 0.1) is 5.82 Å². The van der Waals surface area contributed by atoms with Gasteiger partial charge in [-0.2, -0.15) is 0 Å². The number of amides is 1. The van der Waals surface area contributed by atoms with Crippen molar-refractivity contribution in [2.45, 2.75) is 0 Å². The number of hydrogen-bond acceptors (Lipinski definition) is 3. The molecule has 0 aliphatic carbocycles. The predicted octanol–water partition coefficient (Wildman–Crippen LogP) is 1.40. The van der Waals surface area contributed by atoms with Crippen LogP contribution in [0.3, 0.4) is 0 Å². The van der Waals surface area contributed by atoms with Crippen molar-refractivity contribution < 1.29 is 9.18 Å². The van der Waals surface area contributed by atoms with Gasteiger partial charge in [-0.15, -0.1) is 0 Å². The molecule has 1 amide bonds. The van der Waals surface area contributed by atoms with Gasteiger partial charge in [0.15, 0.2) is 0 Å². The Hall–Kier alpha value is -2.54. The zero-order valence-electron chi connectivity index (χ0n) is 10.1. The van der Waals surface area contributed by atoms with Crippen molar-refractivity contribution >= 4 is 28.8 Å². The first-order chi connectivity index (χ1) is 9.47. The number of thiocarbonyl (C=S) groups is 1. The van der Waals surface area contributed by atoms with E-state index in [1.165, 1.54) is 24.4 Å². The third kappa shape index (κ3) is 3.07. The van der Waals surface area contributed by atoms with E-state index >= 15 is 0 Å². The van der Waals surface area contributed by atoms with Gasteiger partial charge >= 0.3 is 0 Å². The second-order valence-electron chi connectivity index (χ2n) is 3.95. The Morgan fingerprint density at radius 2 is 2.00 bits per heavy atom. The number of halogens is 1. The molecule has 2 rings (SSSR count). The molecule has 0 bridgehead atoms. The average Bonchev–Trinajstić information content (AvgIpc) is 2.40. The van der Waals surface area contributed by atoms with Gasteiger partial charge in [-0.25, -0.2) is 4.39 Å². The summed E-state index contributed by atoms with van der Waals surface area (Å²) in [6.07, 6.45) is 1.34. The molecule has 5 nitrogen and oxygen atoms in total. The molecule has 4 N–H and O–H groups in total. The molecule has 0 saturated heterocycles. The Morgan fingerprint density at radius 1 is 1.25 bits per heavy atom. The first kappa shape index (κ1) is 13.9. The second kappa shape index (κ2) is 5.62. The van der Waals surface area contributed by atoms with E-state index in [-0.39, 0.29) is 16.2 Å². The summed E-state index contributed by atoms with van der Waals surface area (Å²) < 4.78 is 13.8. The van der Waals surface area contributed by atoms with E-state index < -0.39 is 17.3 Å². The van der Waals surface area contributed by atoms with E-state index in [1.807, 2.05) is 0 Å². The number of H-pyrrole nitrogens is 1. The smallest absolute Gasteiger partial charge is 0.255 e. The molecule has 1 aromatic carbocycles. The molecule has 2 aromatic rings. The van der Waals surface area contributed by atoms with Crippen LogP contribution in [0.25, 0.3) is 0 Å². The van der Waals surface area contributed by atoms with Crippen LogP contribution in [0.4, 0.5) is 10.1 Å². The maximum absolute atomic E-state index is 13.8. The predicted molar refractivity (Wildman–Crippen MR) is 77.3 cm³/mol. The average molecular weight is 291 g/mol. The standard InChI is InChI=1S/C13H10FN3O2S/c14-9-5-7(12(15)20)1-2-10(9)17-13(19)8-3-4-16-11(18)6-8/h1-6H,(H2,15,20)(H,16,18)(H,17,19). The van der Waals surface area contributed by atoms with Gasteiger partial charge < -0.3 is 16.0 Å². The molecule has 0 aliphatic rings. The lowest BCUT2D eigenvalue weighted by molar-refractivity contribution is 0.102. The fourth-order valence-electron chi connectivity index (χ4n) is 1.55. The van der Waals surface area contributed by atoms with E-state index in [9.17, 15) is 14.0 Å². The summed E-state index contributed by atoms with van der Waals surface area (Å²) in [5.41, 5.74) is 5.45. The van der Waals surface area contributed by atoms with E-state index in [1.54, 1.807) is 0 Å². The maximum atomic E-state index is 13.8. The Balaban J connectivity index is 2.24. The summed E-state index contributed by atoms with van der Waals surface area (Å²) in [5, 5.41) is 2.37. The minimum absolute atomic E-state index is 0.0183. The molecular formula is C13H10FN3O2S. The minimum Gasteiger partial charge on any atom is -0.389 e. The van der Waals surface area contributed by atoms with Gasteiger partial charge in [0.2, 0.25) is 5.56 Å². The Morgan fingerprint density at radius 3 is 2.60 bits per heavy atom. The number of anilines is 1. The van der Waals surface area contributed by atoms with Gasteiger partial charge in [-0.1, -0.05) is 12.2 Å². The van der Waals surface area contributed by atoms with Crippen LogP contribution < -0.4 is 16.6 Å². The number of hydrogen-bond donors (Lipinski definition) is 3. The number of nitrogens with one attached hydrogen (secondary N) is 2. The van der Waals surface area contributed by atoms with E-state index in [2.05, 4.69) is 10.3 Å². The van der Waals surface area contributed by atoms with E-state index in [4.69, 9.17) is 18.0 Å². The molecule has 102 valence electrons. The molecule has 0 saturated carbocycles. The number of benzene rings is 1. The maximum Gasteiger partial charge on any atom is 0.255 e. The van der Waals surface area contributed by atoms with Crippen LogP contribution in [0.2, 0.25) is 0 Å². The molecule has 0 radical (unpaired) electrons. The van der Waals surface area contributed by atoms with Crippen LogP contribution in [0.5, 0.6) is 0 Å². The van der Waals surface area contributed by atoms with Crippen LogP contribution >= 0.6 is 12.2 Å². The molecule has 1 heterocycles. The fraction of sp³-hybridized carbons (Fsp3) is 0. The number of carbonyl (C=O) groups is 1. The highest BCUT2D eigenvalue weighted by atomic mass is 32.1. The topological polar surface area (TPSA) is 88.0 Å². The first-order valence-corrected chi connectivity index (χ1v) is 5.97. The lowest BCUT2D eigenvalue weighted by Gasteiger charge is -2.07. The Labute approximate surface area is 118 Å². The molecule has 0 aliphatic heterocycles. The van der Waals surface area contributed by atoms with Crippen molar-refractivity contribution in [3.05, 3.63) is 63.8 Å².